The van der Waals surface area contributed by atoms with E-state index in [2.05, 4.69) is 36.6 Å². The number of hydrogen-bond acceptors (Lipinski definition) is 4. The highest BCUT2D eigenvalue weighted by Crippen LogP contribution is 2.31. The van der Waals surface area contributed by atoms with E-state index < -0.39 is 17.8 Å². The zero-order valence-electron chi connectivity index (χ0n) is 17.4. The van der Waals surface area contributed by atoms with Crippen molar-refractivity contribution in [3.63, 3.8) is 0 Å². The first-order valence-electron chi connectivity index (χ1n) is 9.59. The quantitative estimate of drug-likeness (QED) is 0.425. The van der Waals surface area contributed by atoms with Crippen LogP contribution >= 0.6 is 27.5 Å². The molecular formula is C21H20BrClF3N5O. The Bertz CT molecular complexity index is 1150. The van der Waals surface area contributed by atoms with Gasteiger partial charge in [-0.05, 0) is 42.3 Å². The van der Waals surface area contributed by atoms with E-state index in [-0.39, 0.29) is 22.6 Å². The number of aryl methyl sites for hydroxylation is 1. The third kappa shape index (κ3) is 5.48. The molecule has 2 N–H and O–H groups in total. The lowest BCUT2D eigenvalue weighted by atomic mass is 10.1. The number of benzene rings is 1. The fourth-order valence-electron chi connectivity index (χ4n) is 3.00. The molecule has 0 atom stereocenters. The van der Waals surface area contributed by atoms with Crippen LogP contribution in [0.15, 0.2) is 41.0 Å². The molecule has 2 heterocycles. The molecule has 3 aromatic rings. The second-order valence-corrected chi connectivity index (χ2v) is 8.70. The van der Waals surface area contributed by atoms with Crippen molar-refractivity contribution in [2.75, 3.05) is 5.32 Å². The third-order valence-electron chi connectivity index (χ3n) is 4.49. The Morgan fingerprint density at radius 3 is 2.62 bits per heavy atom. The average molecular weight is 531 g/mol. The number of carbonyl (C=O) groups is 1. The Balaban J connectivity index is 2.05. The van der Waals surface area contributed by atoms with Crippen LogP contribution in [0.2, 0.25) is 5.02 Å². The van der Waals surface area contributed by atoms with Crippen LogP contribution in [0.1, 0.15) is 41.2 Å². The SMILES string of the molecule is Cc1cc(Br)cc(CNC(C)C)c1NC(=O)c1cc(C(F)(F)F)nn1-c1ncccc1Cl. The third-order valence-corrected chi connectivity index (χ3v) is 5.25. The molecule has 0 aliphatic rings. The van der Waals surface area contributed by atoms with E-state index >= 15 is 0 Å². The molecule has 0 radical (unpaired) electrons. The molecule has 1 aromatic carbocycles. The van der Waals surface area contributed by atoms with Gasteiger partial charge >= 0.3 is 6.18 Å². The number of anilines is 1. The Morgan fingerprint density at radius 1 is 1.28 bits per heavy atom. The molecule has 0 aliphatic carbocycles. The van der Waals surface area contributed by atoms with Gasteiger partial charge in [0.25, 0.3) is 5.91 Å². The molecule has 0 unspecified atom stereocenters. The molecule has 0 bridgehead atoms. The van der Waals surface area contributed by atoms with E-state index in [1.807, 2.05) is 26.0 Å². The number of aromatic nitrogens is 3. The molecule has 0 spiro atoms. The molecule has 32 heavy (non-hydrogen) atoms. The minimum atomic E-state index is -4.75. The Hall–Kier alpha value is -2.43. The first kappa shape index (κ1) is 24.2. The molecule has 0 fully saturated rings. The van der Waals surface area contributed by atoms with E-state index in [1.165, 1.54) is 18.3 Å². The highest BCUT2D eigenvalue weighted by molar-refractivity contribution is 9.10. The van der Waals surface area contributed by atoms with Crippen LogP contribution in [0.5, 0.6) is 0 Å². The van der Waals surface area contributed by atoms with E-state index in [0.717, 1.165) is 20.3 Å². The molecular weight excluding hydrogens is 511 g/mol. The summed E-state index contributed by atoms with van der Waals surface area (Å²) in [7, 11) is 0. The lowest BCUT2D eigenvalue weighted by molar-refractivity contribution is -0.141. The van der Waals surface area contributed by atoms with Gasteiger partial charge in [-0.1, -0.05) is 41.4 Å². The van der Waals surface area contributed by atoms with Gasteiger partial charge in [-0.15, -0.1) is 0 Å². The molecule has 11 heteroatoms. The standard InChI is InChI=1S/C21H20BrClF3N5O/c1-11(2)28-10-13-8-14(22)7-12(3)18(13)29-20(32)16-9-17(21(24,25)26)30-31(16)19-15(23)5-4-6-27-19/h4-9,11,28H,10H2,1-3H3,(H,29,32). The van der Waals surface area contributed by atoms with Crippen molar-refractivity contribution in [3.05, 3.63) is 68.5 Å². The van der Waals surface area contributed by atoms with Gasteiger partial charge in [-0.2, -0.15) is 18.3 Å². The second kappa shape index (κ2) is 9.60. The van der Waals surface area contributed by atoms with Gasteiger partial charge in [0.2, 0.25) is 0 Å². The zero-order valence-corrected chi connectivity index (χ0v) is 19.7. The van der Waals surface area contributed by atoms with Crippen molar-refractivity contribution in [2.24, 2.45) is 0 Å². The first-order chi connectivity index (χ1) is 15.0. The summed E-state index contributed by atoms with van der Waals surface area (Å²) in [4.78, 5) is 17.1. The van der Waals surface area contributed by atoms with Crippen molar-refractivity contribution in [3.8, 4) is 5.82 Å². The number of rotatable bonds is 6. The molecule has 6 nitrogen and oxygen atoms in total. The van der Waals surface area contributed by atoms with Crippen LogP contribution in [0.25, 0.3) is 5.82 Å². The van der Waals surface area contributed by atoms with Gasteiger partial charge in [0.05, 0.1) is 5.02 Å². The van der Waals surface area contributed by atoms with Crippen molar-refractivity contribution >= 4 is 39.1 Å². The Labute approximate surface area is 196 Å². The van der Waals surface area contributed by atoms with Gasteiger partial charge < -0.3 is 10.6 Å². The molecule has 1 amide bonds. The second-order valence-electron chi connectivity index (χ2n) is 7.38. The lowest BCUT2D eigenvalue weighted by Gasteiger charge is -2.17. The molecule has 2 aromatic heterocycles. The number of nitrogens with one attached hydrogen (secondary N) is 2. The molecule has 0 aliphatic heterocycles. The number of amides is 1. The van der Waals surface area contributed by atoms with E-state index in [9.17, 15) is 18.0 Å². The number of pyridine rings is 1. The van der Waals surface area contributed by atoms with Crippen molar-refractivity contribution in [1.29, 1.82) is 0 Å². The van der Waals surface area contributed by atoms with Gasteiger partial charge in [0.15, 0.2) is 11.5 Å². The summed E-state index contributed by atoms with van der Waals surface area (Å²) in [6, 6.07) is 7.50. The van der Waals surface area contributed by atoms with E-state index in [4.69, 9.17) is 11.6 Å². The fourth-order valence-corrected chi connectivity index (χ4v) is 3.82. The van der Waals surface area contributed by atoms with Crippen molar-refractivity contribution < 1.29 is 18.0 Å². The van der Waals surface area contributed by atoms with Gasteiger partial charge in [-0.25, -0.2) is 9.67 Å². The van der Waals surface area contributed by atoms with Crippen LogP contribution in [0.4, 0.5) is 18.9 Å². The Morgan fingerprint density at radius 2 is 2.00 bits per heavy atom. The summed E-state index contributed by atoms with van der Waals surface area (Å²) in [6.07, 6.45) is -3.40. The lowest BCUT2D eigenvalue weighted by Crippen LogP contribution is -2.24. The zero-order chi connectivity index (χ0) is 23.6. The number of alkyl halides is 3. The van der Waals surface area contributed by atoms with Crippen LogP contribution in [-0.2, 0) is 12.7 Å². The predicted molar refractivity (Wildman–Crippen MR) is 120 cm³/mol. The molecule has 170 valence electrons. The highest BCUT2D eigenvalue weighted by Gasteiger charge is 2.36. The highest BCUT2D eigenvalue weighted by atomic mass is 79.9. The number of nitrogens with zero attached hydrogens (tertiary/aromatic N) is 3. The number of carbonyl (C=O) groups excluding carboxylic acids is 1. The van der Waals surface area contributed by atoms with Crippen LogP contribution in [-0.4, -0.2) is 26.7 Å². The largest absolute Gasteiger partial charge is 0.435 e. The molecule has 3 rings (SSSR count). The summed E-state index contributed by atoms with van der Waals surface area (Å²) in [5.74, 6) is -0.852. The van der Waals surface area contributed by atoms with E-state index in [1.54, 1.807) is 6.92 Å². The van der Waals surface area contributed by atoms with Crippen LogP contribution in [0.3, 0.4) is 0 Å². The maximum atomic E-state index is 13.4. The summed E-state index contributed by atoms with van der Waals surface area (Å²) in [6.45, 7) is 6.22. The van der Waals surface area contributed by atoms with E-state index in [0.29, 0.717) is 18.3 Å². The number of halogens is 5. The smallest absolute Gasteiger partial charge is 0.320 e. The van der Waals surface area contributed by atoms with Gasteiger partial charge in [0.1, 0.15) is 5.69 Å². The maximum Gasteiger partial charge on any atom is 0.435 e. The monoisotopic (exact) mass is 529 g/mol. The van der Waals surface area contributed by atoms with Crippen LogP contribution in [0, 0.1) is 6.92 Å². The number of hydrogen-bond donors (Lipinski definition) is 2. The van der Waals surface area contributed by atoms with Gasteiger partial charge in [0, 0.05) is 35.0 Å². The minimum Gasteiger partial charge on any atom is -0.320 e. The summed E-state index contributed by atoms with van der Waals surface area (Å²) in [5, 5.41) is 9.63. The summed E-state index contributed by atoms with van der Waals surface area (Å²) < 4.78 is 41.7. The summed E-state index contributed by atoms with van der Waals surface area (Å²) >= 11 is 9.55. The first-order valence-corrected chi connectivity index (χ1v) is 10.8. The van der Waals surface area contributed by atoms with Crippen molar-refractivity contribution in [1.82, 2.24) is 20.1 Å². The van der Waals surface area contributed by atoms with Crippen molar-refractivity contribution in [2.45, 2.75) is 39.5 Å². The normalized spacial score (nSPS) is 11.8. The van der Waals surface area contributed by atoms with Crippen LogP contribution < -0.4 is 10.6 Å². The minimum absolute atomic E-state index is 0.0556. The predicted octanol–water partition coefficient (Wildman–Crippen LogP) is 5.76. The van der Waals surface area contributed by atoms with Gasteiger partial charge in [-0.3, -0.25) is 4.79 Å². The molecule has 0 saturated heterocycles. The average Bonchev–Trinajstić information content (AvgIpc) is 3.14. The Kier molecular flexibility index (Phi) is 7.26. The molecule has 0 saturated carbocycles. The maximum absolute atomic E-state index is 13.4. The fraction of sp³-hybridized carbons (Fsp3) is 0.286. The topological polar surface area (TPSA) is 71.8 Å². The summed E-state index contributed by atoms with van der Waals surface area (Å²) in [5.41, 5.74) is 0.449.